The normalized spacial score (nSPS) is 26.9. The largest absolute Gasteiger partial charge is 0.228 e. The van der Waals surface area contributed by atoms with Crippen LogP contribution in [0.3, 0.4) is 0 Å². The smallest absolute Gasteiger partial charge is 0.226 e. The zero-order valence-electron chi connectivity index (χ0n) is 9.72. The molecule has 1 N–H and O–H groups in total. The molecule has 0 unspecified atom stereocenters. The highest BCUT2D eigenvalue weighted by molar-refractivity contribution is 8.06. The molecule has 0 radical (unpaired) electrons. The molecule has 0 amide bonds. The van der Waals surface area contributed by atoms with Crippen molar-refractivity contribution in [1.82, 2.24) is 4.72 Å². The molecule has 0 saturated heterocycles. The number of rotatable bonds is 5. The number of hydrogen-bond acceptors (Lipinski definition) is 4. The summed E-state index contributed by atoms with van der Waals surface area (Å²) in [6, 6.07) is 0. The summed E-state index contributed by atoms with van der Waals surface area (Å²) in [5, 5.41) is -0.649. The lowest BCUT2D eigenvalue weighted by Crippen LogP contribution is -2.34. The number of nitrogens with one attached hydrogen (secondary N) is 1. The Hall–Kier alpha value is 0.150. The van der Waals surface area contributed by atoms with E-state index in [2.05, 4.69) is 4.72 Å². The summed E-state index contributed by atoms with van der Waals surface area (Å²) in [5.74, 6) is 0.263. The predicted octanol–water partition coefficient (Wildman–Crippen LogP) is 0.706. The Kier molecular flexibility index (Phi) is 5.24. The van der Waals surface area contributed by atoms with Crippen molar-refractivity contribution in [3.8, 4) is 0 Å². The average Bonchev–Trinajstić information content (AvgIpc) is 2.13. The van der Waals surface area contributed by atoms with Crippen LogP contribution in [-0.2, 0) is 19.9 Å². The van der Waals surface area contributed by atoms with E-state index in [4.69, 9.17) is 11.6 Å². The first kappa shape index (κ1) is 15.2. The van der Waals surface area contributed by atoms with Gasteiger partial charge in [-0.05, 0) is 31.6 Å². The molecule has 102 valence electrons. The minimum absolute atomic E-state index is 0.193. The first-order valence-corrected chi connectivity index (χ1v) is 9.62. The number of sulfone groups is 1. The maximum atomic E-state index is 11.4. The Morgan fingerprint density at radius 3 is 2.12 bits per heavy atom. The third kappa shape index (κ3) is 6.59. The highest BCUT2D eigenvalue weighted by Gasteiger charge is 2.23. The molecule has 0 aromatic carbocycles. The lowest BCUT2D eigenvalue weighted by molar-refractivity contribution is 0.361. The molecule has 0 spiro atoms. The van der Waals surface area contributed by atoms with Gasteiger partial charge in [0, 0.05) is 18.2 Å². The molecule has 1 saturated carbocycles. The quantitative estimate of drug-likeness (QED) is 0.758. The second-order valence-corrected chi connectivity index (χ2v) is 9.55. The molecule has 1 aliphatic carbocycles. The van der Waals surface area contributed by atoms with Crippen LogP contribution < -0.4 is 4.72 Å². The number of sulfonamides is 1. The summed E-state index contributed by atoms with van der Waals surface area (Å²) in [5.41, 5.74) is 0. The van der Waals surface area contributed by atoms with Crippen molar-refractivity contribution in [3.05, 3.63) is 0 Å². The SMILES string of the molecule is CS(=O)(=O)CS(=O)(=O)NCC1CCC(Cl)CC1. The van der Waals surface area contributed by atoms with Gasteiger partial charge in [0.2, 0.25) is 10.0 Å². The predicted molar refractivity (Wildman–Crippen MR) is 68.2 cm³/mol. The molecule has 1 aliphatic rings. The van der Waals surface area contributed by atoms with Crippen LogP contribution in [0, 0.1) is 5.92 Å². The van der Waals surface area contributed by atoms with Gasteiger partial charge in [-0.1, -0.05) is 0 Å². The zero-order chi connectivity index (χ0) is 13.1. The van der Waals surface area contributed by atoms with E-state index in [9.17, 15) is 16.8 Å². The summed E-state index contributed by atoms with van der Waals surface area (Å²) in [6.07, 6.45) is 4.45. The maximum Gasteiger partial charge on any atom is 0.226 e. The van der Waals surface area contributed by atoms with Crippen molar-refractivity contribution in [1.29, 1.82) is 0 Å². The van der Waals surface area contributed by atoms with Gasteiger partial charge >= 0.3 is 0 Å². The van der Waals surface area contributed by atoms with Gasteiger partial charge in [-0.2, -0.15) is 0 Å². The van der Waals surface area contributed by atoms with Crippen LogP contribution in [0.4, 0.5) is 0 Å². The summed E-state index contributed by atoms with van der Waals surface area (Å²) in [7, 11) is -7.24. The molecule has 1 rings (SSSR count). The lowest BCUT2D eigenvalue weighted by atomic mass is 9.89. The van der Waals surface area contributed by atoms with E-state index in [0.29, 0.717) is 6.54 Å². The first-order chi connectivity index (χ1) is 7.68. The third-order valence-electron chi connectivity index (χ3n) is 2.74. The molecule has 0 aromatic rings. The lowest BCUT2D eigenvalue weighted by Gasteiger charge is -2.24. The van der Waals surface area contributed by atoms with E-state index >= 15 is 0 Å². The van der Waals surface area contributed by atoms with Crippen molar-refractivity contribution < 1.29 is 16.8 Å². The van der Waals surface area contributed by atoms with Crippen LogP contribution in [0.25, 0.3) is 0 Å². The van der Waals surface area contributed by atoms with E-state index in [1.54, 1.807) is 0 Å². The minimum atomic E-state index is -3.72. The van der Waals surface area contributed by atoms with E-state index in [0.717, 1.165) is 31.9 Å². The molecule has 17 heavy (non-hydrogen) atoms. The van der Waals surface area contributed by atoms with Crippen molar-refractivity contribution in [2.75, 3.05) is 17.9 Å². The van der Waals surface area contributed by atoms with Crippen LogP contribution in [0.2, 0.25) is 0 Å². The Balaban J connectivity index is 2.40. The van der Waals surface area contributed by atoms with Crippen LogP contribution in [0.1, 0.15) is 25.7 Å². The molecular weight excluding hydrogens is 286 g/mol. The van der Waals surface area contributed by atoms with Gasteiger partial charge < -0.3 is 0 Å². The Morgan fingerprint density at radius 1 is 1.12 bits per heavy atom. The van der Waals surface area contributed by atoms with Crippen LogP contribution in [0.5, 0.6) is 0 Å². The fourth-order valence-electron chi connectivity index (χ4n) is 1.89. The fourth-order valence-corrected chi connectivity index (χ4v) is 5.22. The molecule has 5 nitrogen and oxygen atoms in total. The molecule has 8 heteroatoms. The summed E-state index contributed by atoms with van der Waals surface area (Å²) in [6.45, 7) is 0.307. The zero-order valence-corrected chi connectivity index (χ0v) is 12.1. The molecule has 0 aromatic heterocycles. The molecule has 0 atom stereocenters. The van der Waals surface area contributed by atoms with Crippen molar-refractivity contribution in [2.24, 2.45) is 5.92 Å². The monoisotopic (exact) mass is 303 g/mol. The maximum absolute atomic E-state index is 11.4. The third-order valence-corrected chi connectivity index (χ3v) is 6.73. The van der Waals surface area contributed by atoms with Crippen molar-refractivity contribution >= 4 is 31.5 Å². The number of alkyl halides is 1. The Morgan fingerprint density at radius 2 is 1.65 bits per heavy atom. The van der Waals surface area contributed by atoms with Crippen LogP contribution in [-0.4, -0.2) is 40.1 Å². The first-order valence-electron chi connectivity index (χ1n) is 5.47. The summed E-state index contributed by atoms with van der Waals surface area (Å²) >= 11 is 5.94. The van der Waals surface area contributed by atoms with Gasteiger partial charge in [0.25, 0.3) is 0 Å². The number of halogens is 1. The fraction of sp³-hybridized carbons (Fsp3) is 1.00. The van der Waals surface area contributed by atoms with Crippen molar-refractivity contribution in [3.63, 3.8) is 0 Å². The highest BCUT2D eigenvalue weighted by Crippen LogP contribution is 2.27. The van der Waals surface area contributed by atoms with Gasteiger partial charge in [0.15, 0.2) is 14.9 Å². The van der Waals surface area contributed by atoms with E-state index < -0.39 is 24.9 Å². The van der Waals surface area contributed by atoms with E-state index in [1.165, 1.54) is 0 Å². The molecular formula is C9H18ClNO4S2. The van der Waals surface area contributed by atoms with Gasteiger partial charge in [0.1, 0.15) is 0 Å². The number of hydrogen-bond donors (Lipinski definition) is 1. The summed E-state index contributed by atoms with van der Waals surface area (Å²) < 4.78 is 47.0. The van der Waals surface area contributed by atoms with Crippen molar-refractivity contribution in [2.45, 2.75) is 31.1 Å². The standard InChI is InChI=1S/C9H18ClNO4S2/c1-16(12,13)7-17(14,15)11-6-8-2-4-9(10)5-3-8/h8-9,11H,2-7H2,1H3. The molecule has 1 fully saturated rings. The van der Waals surface area contributed by atoms with Crippen LogP contribution in [0.15, 0.2) is 0 Å². The van der Waals surface area contributed by atoms with Gasteiger partial charge in [-0.3, -0.25) is 0 Å². The molecule has 0 bridgehead atoms. The van der Waals surface area contributed by atoms with Gasteiger partial charge in [0.05, 0.1) is 0 Å². The highest BCUT2D eigenvalue weighted by atomic mass is 35.5. The average molecular weight is 304 g/mol. The minimum Gasteiger partial charge on any atom is -0.228 e. The summed E-state index contributed by atoms with van der Waals surface area (Å²) in [4.78, 5) is 0. The Bertz CT molecular complexity index is 438. The second kappa shape index (κ2) is 5.86. The molecule has 0 aliphatic heterocycles. The Labute approximate surface area is 108 Å². The van der Waals surface area contributed by atoms with Crippen LogP contribution >= 0.6 is 11.6 Å². The topological polar surface area (TPSA) is 80.3 Å². The molecule has 0 heterocycles. The van der Waals surface area contributed by atoms with Gasteiger partial charge in [-0.15, -0.1) is 11.6 Å². The van der Waals surface area contributed by atoms with Gasteiger partial charge in [-0.25, -0.2) is 21.6 Å². The second-order valence-electron chi connectivity index (χ2n) is 4.62. The van der Waals surface area contributed by atoms with E-state index in [1.807, 2.05) is 0 Å². The van der Waals surface area contributed by atoms with E-state index in [-0.39, 0.29) is 11.3 Å².